The van der Waals surface area contributed by atoms with Crippen LogP contribution in [0.5, 0.6) is 5.75 Å². The zero-order chi connectivity index (χ0) is 22.7. The number of nitrogens with one attached hydrogen (secondary N) is 2. The van der Waals surface area contributed by atoms with Crippen LogP contribution in [0.15, 0.2) is 42.6 Å². The number of carbonyl (C=O) groups excluding carboxylic acids is 2. The number of aromatic amines is 1. The Kier molecular flexibility index (Phi) is 5.99. The summed E-state index contributed by atoms with van der Waals surface area (Å²) >= 11 is 0. The Morgan fingerprint density at radius 3 is 2.75 bits per heavy atom. The van der Waals surface area contributed by atoms with E-state index in [1.54, 1.807) is 11.0 Å². The number of urea groups is 1. The summed E-state index contributed by atoms with van der Waals surface area (Å²) in [5.41, 5.74) is 8.18. The first-order valence-corrected chi connectivity index (χ1v) is 10.3. The molecule has 8 heteroatoms. The normalized spacial score (nSPS) is 14.2. The van der Waals surface area contributed by atoms with Crippen LogP contribution < -0.4 is 15.8 Å². The molecule has 4 N–H and O–H groups in total. The summed E-state index contributed by atoms with van der Waals surface area (Å²) < 4.78 is 19.1. The Bertz CT molecular complexity index is 1210. The Morgan fingerprint density at radius 1 is 1.25 bits per heavy atom. The molecule has 0 aliphatic carbocycles. The maximum atomic E-state index is 13.7. The van der Waals surface area contributed by atoms with Crippen molar-refractivity contribution in [2.45, 2.75) is 18.8 Å². The Balaban J connectivity index is 1.43. The fourth-order valence-corrected chi connectivity index (χ4v) is 4.07. The van der Waals surface area contributed by atoms with Crippen molar-refractivity contribution >= 4 is 28.5 Å². The van der Waals surface area contributed by atoms with E-state index in [1.807, 2.05) is 18.3 Å². The number of ether oxygens (including phenoxy) is 1. The van der Waals surface area contributed by atoms with Gasteiger partial charge in [-0.05, 0) is 54.7 Å². The number of hydrogen-bond acceptors (Lipinski definition) is 3. The summed E-state index contributed by atoms with van der Waals surface area (Å²) in [5.74, 6) is 1.95. The highest BCUT2D eigenvalue weighted by Gasteiger charge is 2.26. The van der Waals surface area contributed by atoms with Crippen LogP contribution in [0.2, 0.25) is 0 Å². The lowest BCUT2D eigenvalue weighted by atomic mass is 9.89. The number of nitrogens with two attached hydrogens (primary N) is 1. The SMILES string of the molecule is C#CCOc1ccc(F)cc1NC(=O)N1CCC(c2c[nH]c3ccc(C(N)=O)cc23)CC1. The van der Waals surface area contributed by atoms with Crippen LogP contribution in [-0.4, -0.2) is 41.5 Å². The van der Waals surface area contributed by atoms with Gasteiger partial charge in [0.25, 0.3) is 0 Å². The van der Waals surface area contributed by atoms with Crippen LogP contribution in [0, 0.1) is 18.2 Å². The third kappa shape index (κ3) is 4.37. The quantitative estimate of drug-likeness (QED) is 0.532. The lowest BCUT2D eigenvalue weighted by Crippen LogP contribution is -2.40. The lowest BCUT2D eigenvalue weighted by molar-refractivity contribution is 0.100. The van der Waals surface area contributed by atoms with E-state index in [9.17, 15) is 14.0 Å². The molecule has 1 aliphatic rings. The molecule has 0 atom stereocenters. The molecule has 7 nitrogen and oxygen atoms in total. The van der Waals surface area contributed by atoms with Crippen molar-refractivity contribution in [1.29, 1.82) is 0 Å². The number of H-pyrrole nitrogens is 1. The molecule has 32 heavy (non-hydrogen) atoms. The number of halogens is 1. The third-order valence-corrected chi connectivity index (χ3v) is 5.71. The predicted octanol–water partition coefficient (Wildman–Crippen LogP) is 3.83. The summed E-state index contributed by atoms with van der Waals surface area (Å²) in [4.78, 5) is 29.2. The maximum absolute atomic E-state index is 13.7. The zero-order valence-electron chi connectivity index (χ0n) is 17.4. The van der Waals surface area contributed by atoms with Gasteiger partial charge in [-0.2, -0.15) is 0 Å². The molecule has 2 heterocycles. The van der Waals surface area contributed by atoms with Gasteiger partial charge in [0.2, 0.25) is 5.91 Å². The number of piperidine rings is 1. The van der Waals surface area contributed by atoms with Crippen molar-refractivity contribution in [1.82, 2.24) is 9.88 Å². The van der Waals surface area contributed by atoms with Crippen molar-refractivity contribution in [3.63, 3.8) is 0 Å². The first kappa shape index (κ1) is 21.2. The molecule has 164 valence electrons. The molecule has 1 aliphatic heterocycles. The molecule has 1 aromatic heterocycles. The van der Waals surface area contributed by atoms with Crippen LogP contribution in [0.25, 0.3) is 10.9 Å². The largest absolute Gasteiger partial charge is 0.479 e. The molecule has 0 bridgehead atoms. The number of amides is 3. The number of likely N-dealkylation sites (tertiary alicyclic amines) is 1. The molecule has 3 amide bonds. The fourth-order valence-electron chi connectivity index (χ4n) is 4.07. The number of anilines is 1. The molecule has 2 aromatic carbocycles. The van der Waals surface area contributed by atoms with Gasteiger partial charge in [-0.15, -0.1) is 6.42 Å². The second-order valence-corrected chi connectivity index (χ2v) is 7.69. The molecule has 3 aromatic rings. The monoisotopic (exact) mass is 434 g/mol. The molecule has 0 radical (unpaired) electrons. The lowest BCUT2D eigenvalue weighted by Gasteiger charge is -2.32. The van der Waals surface area contributed by atoms with Gasteiger partial charge in [-0.25, -0.2) is 9.18 Å². The highest BCUT2D eigenvalue weighted by Crippen LogP contribution is 2.34. The summed E-state index contributed by atoms with van der Waals surface area (Å²) in [6.45, 7) is 1.09. The topological polar surface area (TPSA) is 100 Å². The van der Waals surface area contributed by atoms with E-state index in [1.165, 1.54) is 18.2 Å². The van der Waals surface area contributed by atoms with Gasteiger partial charge in [-0.1, -0.05) is 5.92 Å². The molecular formula is C24H23FN4O3. The van der Waals surface area contributed by atoms with Crippen molar-refractivity contribution in [2.75, 3.05) is 25.0 Å². The number of primary amides is 1. The van der Waals surface area contributed by atoms with Crippen LogP contribution >= 0.6 is 0 Å². The van der Waals surface area contributed by atoms with Gasteiger partial charge >= 0.3 is 6.03 Å². The molecule has 1 saturated heterocycles. The van der Waals surface area contributed by atoms with Crippen molar-refractivity contribution in [3.05, 3.63) is 59.5 Å². The summed E-state index contributed by atoms with van der Waals surface area (Å²) in [5, 5.41) is 3.70. The zero-order valence-corrected chi connectivity index (χ0v) is 17.4. The summed E-state index contributed by atoms with van der Waals surface area (Å²) in [6, 6.07) is 8.92. The number of terminal acetylenes is 1. The second-order valence-electron chi connectivity index (χ2n) is 7.69. The van der Waals surface area contributed by atoms with Gasteiger partial charge in [0.05, 0.1) is 5.69 Å². The van der Waals surface area contributed by atoms with Crippen LogP contribution in [0.3, 0.4) is 0 Å². The first-order valence-electron chi connectivity index (χ1n) is 10.3. The highest BCUT2D eigenvalue weighted by atomic mass is 19.1. The van der Waals surface area contributed by atoms with Gasteiger partial charge in [-0.3, -0.25) is 4.79 Å². The van der Waals surface area contributed by atoms with E-state index < -0.39 is 11.7 Å². The number of benzene rings is 2. The minimum atomic E-state index is -0.485. The molecule has 0 saturated carbocycles. The van der Waals surface area contributed by atoms with Crippen molar-refractivity contribution < 1.29 is 18.7 Å². The minimum absolute atomic E-state index is 0.0159. The van der Waals surface area contributed by atoms with E-state index >= 15 is 0 Å². The van der Waals surface area contributed by atoms with Gasteiger partial charge in [0, 0.05) is 41.8 Å². The number of carbonyl (C=O) groups is 2. The predicted molar refractivity (Wildman–Crippen MR) is 120 cm³/mol. The smallest absolute Gasteiger partial charge is 0.321 e. The van der Waals surface area contributed by atoms with Crippen LogP contribution in [0.4, 0.5) is 14.9 Å². The minimum Gasteiger partial charge on any atom is -0.479 e. The number of fused-ring (bicyclic) bond motifs is 1. The molecule has 0 unspecified atom stereocenters. The average molecular weight is 434 g/mol. The fraction of sp³-hybridized carbons (Fsp3) is 0.250. The molecule has 1 fully saturated rings. The van der Waals surface area contributed by atoms with E-state index in [2.05, 4.69) is 16.2 Å². The van der Waals surface area contributed by atoms with E-state index in [4.69, 9.17) is 16.9 Å². The van der Waals surface area contributed by atoms with Gasteiger partial charge in [0.15, 0.2) is 0 Å². The van der Waals surface area contributed by atoms with Crippen molar-refractivity contribution in [2.24, 2.45) is 5.73 Å². The number of rotatable bonds is 5. The number of hydrogen-bond donors (Lipinski definition) is 3. The highest BCUT2D eigenvalue weighted by molar-refractivity contribution is 5.98. The third-order valence-electron chi connectivity index (χ3n) is 5.71. The molecular weight excluding hydrogens is 411 g/mol. The molecule has 4 rings (SSSR count). The standard InChI is InChI=1S/C24H23FN4O3/c1-2-11-32-22-6-4-17(25)13-21(22)28-24(31)29-9-7-15(8-10-29)19-14-27-20-5-3-16(23(26)30)12-18(19)20/h1,3-6,12-15,27H,7-11H2,(H2,26,30)(H,28,31). The summed E-state index contributed by atoms with van der Waals surface area (Å²) in [6.07, 6.45) is 8.68. The van der Waals surface area contributed by atoms with Gasteiger partial charge < -0.3 is 25.7 Å². The average Bonchev–Trinajstić information content (AvgIpc) is 3.22. The van der Waals surface area contributed by atoms with Gasteiger partial charge in [0.1, 0.15) is 18.2 Å². The Hall–Kier alpha value is -3.99. The second kappa shape index (κ2) is 9.02. The maximum Gasteiger partial charge on any atom is 0.321 e. The van der Waals surface area contributed by atoms with E-state index in [0.717, 1.165) is 29.3 Å². The summed E-state index contributed by atoms with van der Waals surface area (Å²) in [7, 11) is 0. The Labute approximate surface area is 184 Å². The number of aromatic nitrogens is 1. The van der Waals surface area contributed by atoms with E-state index in [-0.39, 0.29) is 24.2 Å². The molecule has 0 spiro atoms. The van der Waals surface area contributed by atoms with Crippen molar-refractivity contribution in [3.8, 4) is 18.1 Å². The van der Waals surface area contributed by atoms with Crippen LogP contribution in [-0.2, 0) is 0 Å². The number of nitrogens with zero attached hydrogens (tertiary/aromatic N) is 1. The first-order chi connectivity index (χ1) is 15.5. The van der Waals surface area contributed by atoms with Crippen LogP contribution in [0.1, 0.15) is 34.7 Å². The Morgan fingerprint density at radius 2 is 2.03 bits per heavy atom. The van der Waals surface area contributed by atoms with E-state index in [0.29, 0.717) is 24.4 Å².